The monoisotopic (exact) mass is 384 g/mol. The van der Waals surface area contributed by atoms with E-state index in [2.05, 4.69) is 9.73 Å². The minimum atomic E-state index is -5.28. The number of alkyl halides is 3. The average molecular weight is 384 g/mol. The van der Waals surface area contributed by atoms with E-state index in [1.54, 1.807) is 36.0 Å². The van der Waals surface area contributed by atoms with Crippen LogP contribution in [0.1, 0.15) is 12.5 Å². The maximum Gasteiger partial charge on any atom is 0.432 e. The average Bonchev–Trinajstić information content (AvgIpc) is 2.62. The van der Waals surface area contributed by atoms with Crippen molar-refractivity contribution in [1.82, 2.24) is 4.57 Å². The Morgan fingerprint density at radius 2 is 1.96 bits per heavy atom. The number of carbonyl (C=O) groups is 1. The number of esters is 1. The highest BCUT2D eigenvalue weighted by Crippen LogP contribution is 2.42. The lowest BCUT2D eigenvalue weighted by atomic mass is 9.92. The first-order valence-corrected chi connectivity index (χ1v) is 7.96. The van der Waals surface area contributed by atoms with Crippen LogP contribution in [-0.4, -0.2) is 35.5 Å². The van der Waals surface area contributed by atoms with Crippen molar-refractivity contribution in [1.29, 1.82) is 0 Å². The Bertz CT molecular complexity index is 893. The van der Waals surface area contributed by atoms with Crippen molar-refractivity contribution in [3.63, 3.8) is 0 Å². The van der Waals surface area contributed by atoms with Crippen LogP contribution in [0.2, 0.25) is 0 Å². The Morgan fingerprint density at radius 1 is 1.26 bits per heavy atom. The van der Waals surface area contributed by atoms with Gasteiger partial charge in [0.1, 0.15) is 16.9 Å². The van der Waals surface area contributed by atoms with Crippen LogP contribution in [0.4, 0.5) is 18.9 Å². The summed E-state index contributed by atoms with van der Waals surface area (Å²) in [6.45, 7) is 1.03. The van der Waals surface area contributed by atoms with Gasteiger partial charge in [0.2, 0.25) is 0 Å². The van der Waals surface area contributed by atoms with E-state index in [1.807, 2.05) is 0 Å². The number of hydrogen-bond acceptors (Lipinski definition) is 5. The molecule has 146 valence electrons. The Labute approximate surface area is 153 Å². The maximum atomic E-state index is 13.5. The second-order valence-electron chi connectivity index (χ2n) is 5.60. The van der Waals surface area contributed by atoms with Crippen molar-refractivity contribution in [2.45, 2.75) is 18.7 Å². The second-order valence-corrected chi connectivity index (χ2v) is 5.60. The molecular weight excluding hydrogens is 365 g/mol. The molecule has 6 nitrogen and oxygen atoms in total. The maximum absolute atomic E-state index is 13.5. The van der Waals surface area contributed by atoms with Crippen molar-refractivity contribution in [2.24, 2.45) is 12.0 Å². The fraction of sp³-hybridized carbons (Fsp3) is 0.333. The summed E-state index contributed by atoms with van der Waals surface area (Å²) in [7, 11) is 3.00. The van der Waals surface area contributed by atoms with Gasteiger partial charge >= 0.3 is 12.1 Å². The molecule has 27 heavy (non-hydrogen) atoms. The smallest absolute Gasteiger partial charge is 0.432 e. The summed E-state index contributed by atoms with van der Waals surface area (Å²) in [4.78, 5) is 16.2. The van der Waals surface area contributed by atoms with E-state index in [1.165, 1.54) is 20.1 Å². The molecule has 1 aromatic heterocycles. The molecule has 1 heterocycles. The quantitative estimate of drug-likeness (QED) is 0.805. The summed E-state index contributed by atoms with van der Waals surface area (Å²) in [5.41, 5.74) is -3.77. The SMILES string of the molecule is CCOC(=O)[C@@](O)(c1ccc(N=c2ccccn2C)c(OC)c1)C(F)(F)F. The lowest BCUT2D eigenvalue weighted by Gasteiger charge is -2.28. The molecule has 1 atom stereocenters. The lowest BCUT2D eigenvalue weighted by molar-refractivity contribution is -0.267. The zero-order valence-electron chi connectivity index (χ0n) is 14.9. The number of hydrogen-bond donors (Lipinski definition) is 1. The van der Waals surface area contributed by atoms with Crippen LogP contribution in [0.3, 0.4) is 0 Å². The highest BCUT2D eigenvalue weighted by Gasteiger charge is 2.62. The Hall–Kier alpha value is -2.81. The minimum Gasteiger partial charge on any atom is -0.494 e. The van der Waals surface area contributed by atoms with Gasteiger partial charge < -0.3 is 19.1 Å². The molecule has 2 aromatic rings. The molecule has 1 N–H and O–H groups in total. The summed E-state index contributed by atoms with van der Waals surface area (Å²) in [5, 5.41) is 10.2. The number of pyridine rings is 1. The van der Waals surface area contributed by atoms with Crippen molar-refractivity contribution in [2.75, 3.05) is 13.7 Å². The topological polar surface area (TPSA) is 73.0 Å². The zero-order valence-corrected chi connectivity index (χ0v) is 14.9. The fourth-order valence-electron chi connectivity index (χ4n) is 2.38. The molecule has 0 unspecified atom stereocenters. The molecule has 0 amide bonds. The van der Waals surface area contributed by atoms with Crippen LogP contribution in [0.25, 0.3) is 0 Å². The van der Waals surface area contributed by atoms with Gasteiger partial charge in [0.15, 0.2) is 0 Å². The van der Waals surface area contributed by atoms with E-state index in [4.69, 9.17) is 4.74 Å². The van der Waals surface area contributed by atoms with Crippen molar-refractivity contribution >= 4 is 11.7 Å². The molecule has 2 rings (SSSR count). The molecule has 0 bridgehead atoms. The molecule has 1 aromatic carbocycles. The molecule has 0 aliphatic heterocycles. The number of carbonyl (C=O) groups excluding carboxylic acids is 1. The third-order valence-electron chi connectivity index (χ3n) is 3.84. The van der Waals surface area contributed by atoms with Gasteiger partial charge in [-0.15, -0.1) is 0 Å². The predicted octanol–water partition coefficient (Wildman–Crippen LogP) is 2.58. The molecule has 0 fully saturated rings. The first-order chi connectivity index (χ1) is 12.6. The van der Waals surface area contributed by atoms with Crippen LogP contribution in [-0.2, 0) is 22.2 Å². The molecular formula is C18H19F3N2O4. The van der Waals surface area contributed by atoms with Gasteiger partial charge in [-0.25, -0.2) is 9.79 Å². The predicted molar refractivity (Wildman–Crippen MR) is 90.2 cm³/mol. The molecule has 0 radical (unpaired) electrons. The summed E-state index contributed by atoms with van der Waals surface area (Å²) in [6.07, 6.45) is -3.53. The molecule has 0 spiro atoms. The second kappa shape index (κ2) is 7.83. The third-order valence-corrected chi connectivity index (χ3v) is 3.84. The number of halogens is 3. The van der Waals surface area contributed by atoms with E-state index in [0.29, 0.717) is 5.49 Å². The third kappa shape index (κ3) is 3.97. The van der Waals surface area contributed by atoms with Gasteiger partial charge in [-0.05, 0) is 31.2 Å². The van der Waals surface area contributed by atoms with Crippen LogP contribution in [0.15, 0.2) is 47.6 Å². The van der Waals surface area contributed by atoms with Gasteiger partial charge in [-0.1, -0.05) is 12.1 Å². The van der Waals surface area contributed by atoms with E-state index in [-0.39, 0.29) is 18.0 Å². The molecule has 9 heteroatoms. The molecule has 0 saturated heterocycles. The van der Waals surface area contributed by atoms with Crippen LogP contribution in [0, 0.1) is 0 Å². The Kier molecular flexibility index (Phi) is 5.94. The molecule has 0 aliphatic rings. The van der Waals surface area contributed by atoms with Gasteiger partial charge in [0, 0.05) is 18.8 Å². The number of aliphatic hydroxyl groups is 1. The first kappa shape index (κ1) is 20.5. The normalized spacial score (nSPS) is 14.6. The molecule has 0 saturated carbocycles. The first-order valence-electron chi connectivity index (χ1n) is 7.96. The van der Waals surface area contributed by atoms with E-state index < -0.39 is 23.3 Å². The summed E-state index contributed by atoms with van der Waals surface area (Å²) < 4.78 is 51.7. The van der Waals surface area contributed by atoms with Gasteiger partial charge in [0.05, 0.1) is 13.7 Å². The lowest BCUT2D eigenvalue weighted by Crippen LogP contribution is -2.50. The van der Waals surface area contributed by atoms with Crippen LogP contribution in [0.5, 0.6) is 5.75 Å². The number of rotatable bonds is 5. The van der Waals surface area contributed by atoms with E-state index in [0.717, 1.165) is 12.1 Å². The number of aromatic nitrogens is 1. The minimum absolute atomic E-state index is 0.0386. The number of nitrogens with zero attached hydrogens (tertiary/aromatic N) is 2. The number of methoxy groups -OCH3 is 1. The summed E-state index contributed by atoms with van der Waals surface area (Å²) in [6, 6.07) is 8.38. The highest BCUT2D eigenvalue weighted by atomic mass is 19.4. The summed E-state index contributed by atoms with van der Waals surface area (Å²) in [5.74, 6) is -1.85. The standard InChI is InChI=1S/C18H19F3N2O4/c1-4-27-16(24)17(25,18(19,20)21)12-8-9-13(14(11-12)26-3)22-15-7-5-6-10-23(15)2/h5-11,25H,4H2,1-3H3/t17-/m0/s1. The summed E-state index contributed by atoms with van der Waals surface area (Å²) >= 11 is 0. The van der Waals surface area contributed by atoms with Gasteiger partial charge in [-0.3, -0.25) is 0 Å². The number of aryl methyl sites for hydroxylation is 1. The van der Waals surface area contributed by atoms with Crippen molar-refractivity contribution < 1.29 is 32.5 Å². The van der Waals surface area contributed by atoms with Crippen LogP contribution < -0.4 is 10.2 Å². The van der Waals surface area contributed by atoms with Crippen LogP contribution >= 0.6 is 0 Å². The molecule has 0 aliphatic carbocycles. The van der Waals surface area contributed by atoms with Crippen molar-refractivity contribution in [3.05, 3.63) is 53.6 Å². The highest BCUT2D eigenvalue weighted by molar-refractivity contribution is 5.82. The van der Waals surface area contributed by atoms with Crippen molar-refractivity contribution in [3.8, 4) is 5.75 Å². The van der Waals surface area contributed by atoms with E-state index >= 15 is 0 Å². The van der Waals surface area contributed by atoms with E-state index in [9.17, 15) is 23.1 Å². The zero-order chi connectivity index (χ0) is 20.2. The Morgan fingerprint density at radius 3 is 2.52 bits per heavy atom. The van der Waals surface area contributed by atoms with Gasteiger partial charge in [-0.2, -0.15) is 13.2 Å². The number of ether oxygens (including phenoxy) is 2. The van der Waals surface area contributed by atoms with Gasteiger partial charge in [0.25, 0.3) is 5.60 Å². The Balaban J connectivity index is 2.62. The number of benzene rings is 1. The fourth-order valence-corrected chi connectivity index (χ4v) is 2.38. The largest absolute Gasteiger partial charge is 0.494 e.